The number of fused-ring (bicyclic) bond motifs is 1. The van der Waals surface area contributed by atoms with E-state index >= 15 is 0 Å². The van der Waals surface area contributed by atoms with Gasteiger partial charge < -0.3 is 14.4 Å². The van der Waals surface area contributed by atoms with Gasteiger partial charge >= 0.3 is 0 Å². The highest BCUT2D eigenvalue weighted by molar-refractivity contribution is 5.78. The quantitative estimate of drug-likeness (QED) is 0.680. The van der Waals surface area contributed by atoms with Crippen LogP contribution >= 0.6 is 0 Å². The third-order valence-corrected chi connectivity index (χ3v) is 5.09. The van der Waals surface area contributed by atoms with Crippen molar-refractivity contribution in [3.05, 3.63) is 54.0 Å². The number of benzene rings is 1. The number of nitrogens with zero attached hydrogens (tertiary/aromatic N) is 4. The number of aromatic nitrogens is 3. The zero-order valence-corrected chi connectivity index (χ0v) is 16.2. The first-order valence-electron chi connectivity index (χ1n) is 9.54. The largest absolute Gasteiger partial charge is 0.493 e. The van der Waals surface area contributed by atoms with E-state index in [-0.39, 0.29) is 18.6 Å². The van der Waals surface area contributed by atoms with E-state index in [1.165, 1.54) is 0 Å². The molecule has 7 heteroatoms. The summed E-state index contributed by atoms with van der Waals surface area (Å²) in [5, 5.41) is 4.57. The SMILES string of the molecule is COc1ccccc1OCC(=O)N1CCCC[C@H]1c1ccnc2cc(C)nn12. The second-order valence-electron chi connectivity index (χ2n) is 6.96. The number of hydrogen-bond donors (Lipinski definition) is 0. The van der Waals surface area contributed by atoms with E-state index in [1.807, 2.05) is 46.7 Å². The number of piperidine rings is 1. The summed E-state index contributed by atoms with van der Waals surface area (Å²) >= 11 is 0. The molecule has 2 aromatic heterocycles. The summed E-state index contributed by atoms with van der Waals surface area (Å²) < 4.78 is 12.9. The maximum absolute atomic E-state index is 13.0. The Labute approximate surface area is 163 Å². The summed E-state index contributed by atoms with van der Waals surface area (Å²) in [5.74, 6) is 1.15. The molecule has 0 bridgehead atoms. The van der Waals surface area contributed by atoms with Crippen molar-refractivity contribution in [2.75, 3.05) is 20.3 Å². The normalized spacial score (nSPS) is 16.9. The molecule has 28 heavy (non-hydrogen) atoms. The van der Waals surface area contributed by atoms with Gasteiger partial charge in [-0.05, 0) is 44.4 Å². The minimum absolute atomic E-state index is 0.0246. The van der Waals surface area contributed by atoms with Gasteiger partial charge in [-0.1, -0.05) is 12.1 Å². The molecule has 1 amide bonds. The van der Waals surface area contributed by atoms with Gasteiger partial charge in [-0.25, -0.2) is 9.50 Å². The number of likely N-dealkylation sites (tertiary alicyclic amines) is 1. The highest BCUT2D eigenvalue weighted by Gasteiger charge is 2.30. The molecule has 4 rings (SSSR count). The van der Waals surface area contributed by atoms with Crippen LogP contribution in [0.15, 0.2) is 42.6 Å². The Morgan fingerprint density at radius 2 is 2.04 bits per heavy atom. The number of carbonyl (C=O) groups is 1. The third-order valence-electron chi connectivity index (χ3n) is 5.09. The highest BCUT2D eigenvalue weighted by atomic mass is 16.5. The van der Waals surface area contributed by atoms with Gasteiger partial charge in [-0.3, -0.25) is 4.79 Å². The molecule has 1 aromatic carbocycles. The van der Waals surface area contributed by atoms with Crippen LogP contribution in [-0.4, -0.2) is 45.7 Å². The fourth-order valence-electron chi connectivity index (χ4n) is 3.78. The number of hydrogen-bond acceptors (Lipinski definition) is 5. The Bertz CT molecular complexity index is 985. The van der Waals surface area contributed by atoms with Crippen molar-refractivity contribution in [3.63, 3.8) is 0 Å². The monoisotopic (exact) mass is 380 g/mol. The van der Waals surface area contributed by atoms with Crippen LogP contribution in [0.1, 0.15) is 36.7 Å². The van der Waals surface area contributed by atoms with Crippen LogP contribution in [0.4, 0.5) is 0 Å². The number of ether oxygens (including phenoxy) is 2. The minimum Gasteiger partial charge on any atom is -0.493 e. The van der Waals surface area contributed by atoms with E-state index in [1.54, 1.807) is 19.4 Å². The van der Waals surface area contributed by atoms with Gasteiger partial charge in [0.1, 0.15) is 0 Å². The van der Waals surface area contributed by atoms with Crippen LogP contribution in [0.3, 0.4) is 0 Å². The fraction of sp³-hybridized carbons (Fsp3) is 0.381. The van der Waals surface area contributed by atoms with E-state index < -0.39 is 0 Å². The first kappa shape index (κ1) is 18.3. The van der Waals surface area contributed by atoms with Crippen molar-refractivity contribution in [2.45, 2.75) is 32.2 Å². The first-order valence-corrected chi connectivity index (χ1v) is 9.54. The zero-order valence-electron chi connectivity index (χ0n) is 16.2. The van der Waals surface area contributed by atoms with Crippen LogP contribution < -0.4 is 9.47 Å². The molecule has 3 aromatic rings. The molecular formula is C21H24N4O3. The maximum Gasteiger partial charge on any atom is 0.261 e. The summed E-state index contributed by atoms with van der Waals surface area (Å²) in [4.78, 5) is 19.3. The number of carbonyl (C=O) groups excluding carboxylic acids is 1. The first-order chi connectivity index (χ1) is 13.7. The van der Waals surface area contributed by atoms with E-state index in [2.05, 4.69) is 10.1 Å². The Morgan fingerprint density at radius 3 is 2.86 bits per heavy atom. The third kappa shape index (κ3) is 3.52. The molecule has 1 aliphatic heterocycles. The number of amides is 1. The lowest BCUT2D eigenvalue weighted by Gasteiger charge is -2.35. The molecule has 1 saturated heterocycles. The Hall–Kier alpha value is -3.09. The van der Waals surface area contributed by atoms with E-state index in [9.17, 15) is 4.79 Å². The predicted molar refractivity (Wildman–Crippen MR) is 105 cm³/mol. The molecule has 3 heterocycles. The number of para-hydroxylation sites is 2. The van der Waals surface area contributed by atoms with Crippen molar-refractivity contribution in [3.8, 4) is 11.5 Å². The van der Waals surface area contributed by atoms with E-state index in [4.69, 9.17) is 9.47 Å². The smallest absolute Gasteiger partial charge is 0.261 e. The summed E-state index contributed by atoms with van der Waals surface area (Å²) in [6.45, 7) is 2.63. The summed E-state index contributed by atoms with van der Waals surface area (Å²) in [6, 6.07) is 11.2. The summed E-state index contributed by atoms with van der Waals surface area (Å²) in [5.41, 5.74) is 2.70. The van der Waals surface area contributed by atoms with Gasteiger partial charge in [0.15, 0.2) is 23.8 Å². The van der Waals surface area contributed by atoms with Gasteiger partial charge in [-0.2, -0.15) is 5.10 Å². The molecular weight excluding hydrogens is 356 g/mol. The molecule has 1 aliphatic rings. The van der Waals surface area contributed by atoms with Gasteiger partial charge in [0.05, 0.1) is 24.5 Å². The minimum atomic E-state index is -0.0375. The van der Waals surface area contributed by atoms with Crippen molar-refractivity contribution in [1.82, 2.24) is 19.5 Å². The Morgan fingerprint density at radius 1 is 1.21 bits per heavy atom. The summed E-state index contributed by atoms with van der Waals surface area (Å²) in [7, 11) is 1.59. The van der Waals surface area contributed by atoms with Crippen LogP contribution in [0.25, 0.3) is 5.65 Å². The second-order valence-corrected chi connectivity index (χ2v) is 6.96. The van der Waals surface area contributed by atoms with E-state index in [0.29, 0.717) is 18.0 Å². The van der Waals surface area contributed by atoms with Gasteiger partial charge in [0.25, 0.3) is 5.91 Å². The van der Waals surface area contributed by atoms with Crippen LogP contribution in [0.2, 0.25) is 0 Å². The fourth-order valence-corrected chi connectivity index (χ4v) is 3.78. The zero-order chi connectivity index (χ0) is 19.5. The van der Waals surface area contributed by atoms with Gasteiger partial charge in [-0.15, -0.1) is 0 Å². The molecule has 0 spiro atoms. The lowest BCUT2D eigenvalue weighted by Crippen LogP contribution is -2.41. The molecule has 146 valence electrons. The predicted octanol–water partition coefficient (Wildman–Crippen LogP) is 3.18. The standard InChI is InChI=1S/C21H24N4O3/c1-15-13-20-22-11-10-17(25(20)23-15)16-7-5-6-12-24(16)21(26)14-28-19-9-4-3-8-18(19)27-2/h3-4,8-11,13,16H,5-7,12,14H2,1-2H3/t16-/m0/s1. The maximum atomic E-state index is 13.0. The van der Waals surface area contributed by atoms with E-state index in [0.717, 1.165) is 36.3 Å². The van der Waals surface area contributed by atoms with Gasteiger partial charge in [0.2, 0.25) is 0 Å². The topological polar surface area (TPSA) is 69.0 Å². The average molecular weight is 380 g/mol. The average Bonchev–Trinajstić information content (AvgIpc) is 3.12. The molecule has 0 radical (unpaired) electrons. The van der Waals surface area contributed by atoms with Crippen molar-refractivity contribution in [1.29, 1.82) is 0 Å². The Balaban J connectivity index is 1.55. The number of aryl methyl sites for hydroxylation is 1. The molecule has 0 unspecified atom stereocenters. The lowest BCUT2D eigenvalue weighted by atomic mass is 9.99. The second kappa shape index (κ2) is 7.88. The van der Waals surface area contributed by atoms with Crippen LogP contribution in [0, 0.1) is 6.92 Å². The summed E-state index contributed by atoms with van der Waals surface area (Å²) in [6.07, 6.45) is 4.75. The molecule has 0 N–H and O–H groups in total. The van der Waals surface area contributed by atoms with Crippen molar-refractivity contribution < 1.29 is 14.3 Å². The van der Waals surface area contributed by atoms with Crippen LogP contribution in [0.5, 0.6) is 11.5 Å². The number of rotatable bonds is 5. The lowest BCUT2D eigenvalue weighted by molar-refractivity contribution is -0.137. The molecule has 1 fully saturated rings. The van der Waals surface area contributed by atoms with Crippen LogP contribution in [-0.2, 0) is 4.79 Å². The molecule has 7 nitrogen and oxygen atoms in total. The van der Waals surface area contributed by atoms with Crippen molar-refractivity contribution in [2.24, 2.45) is 0 Å². The number of methoxy groups -OCH3 is 1. The molecule has 0 saturated carbocycles. The molecule has 1 atom stereocenters. The molecule has 0 aliphatic carbocycles. The highest BCUT2D eigenvalue weighted by Crippen LogP contribution is 2.32. The Kier molecular flexibility index (Phi) is 5.14. The van der Waals surface area contributed by atoms with Crippen molar-refractivity contribution >= 4 is 11.6 Å². The van der Waals surface area contributed by atoms with Gasteiger partial charge in [0, 0.05) is 18.8 Å².